The number of hydrogen-bond acceptors (Lipinski definition) is 4. The molecule has 0 radical (unpaired) electrons. The van der Waals surface area contributed by atoms with Crippen molar-refractivity contribution in [1.82, 2.24) is 25.3 Å². The third kappa shape index (κ3) is 9.41. The Morgan fingerprint density at radius 3 is 2.48 bits per heavy atom. The van der Waals surface area contributed by atoms with Gasteiger partial charge in [-0.25, -0.2) is 0 Å². The monoisotopic (exact) mass is 491 g/mol. The second kappa shape index (κ2) is 13.8. The average Bonchev–Trinajstić information content (AvgIpc) is 3.17. The van der Waals surface area contributed by atoms with Crippen LogP contribution in [0.4, 0.5) is 0 Å². The molecule has 8 nitrogen and oxygen atoms in total. The molecule has 154 valence electrons. The maximum Gasteiger partial charge on any atom is 0.220 e. The highest BCUT2D eigenvalue weighted by molar-refractivity contribution is 14.0. The molecule has 1 fully saturated rings. The topological polar surface area (TPSA) is 101 Å². The number of piperidine rings is 1. The molecule has 2 heterocycles. The van der Waals surface area contributed by atoms with Crippen LogP contribution in [0.1, 0.15) is 32.1 Å². The van der Waals surface area contributed by atoms with Gasteiger partial charge in [0.15, 0.2) is 5.96 Å². The van der Waals surface area contributed by atoms with Gasteiger partial charge in [-0.3, -0.25) is 14.5 Å². The summed E-state index contributed by atoms with van der Waals surface area (Å²) < 4.78 is 1.93. The summed E-state index contributed by atoms with van der Waals surface area (Å²) in [6.07, 6.45) is 8.83. The lowest BCUT2D eigenvalue weighted by molar-refractivity contribution is -0.123. The van der Waals surface area contributed by atoms with E-state index in [4.69, 9.17) is 5.73 Å². The molecule has 1 saturated heterocycles. The quantitative estimate of drug-likeness (QED) is 0.197. The van der Waals surface area contributed by atoms with Crippen LogP contribution < -0.4 is 16.4 Å². The van der Waals surface area contributed by atoms with Gasteiger partial charge >= 0.3 is 0 Å². The zero-order valence-corrected chi connectivity index (χ0v) is 18.6. The third-order valence-electron chi connectivity index (χ3n) is 4.82. The molecule has 27 heavy (non-hydrogen) atoms. The van der Waals surface area contributed by atoms with E-state index < -0.39 is 0 Å². The molecule has 4 N–H and O–H groups in total. The van der Waals surface area contributed by atoms with Crippen LogP contribution in [-0.4, -0.2) is 66.3 Å². The predicted octanol–water partition coefficient (Wildman–Crippen LogP) is 1.03. The molecule has 0 aromatic carbocycles. The lowest BCUT2D eigenvalue weighted by atomic mass is 9.96. The number of nitrogens with zero attached hydrogens (tertiary/aromatic N) is 4. The molecular formula is C18H34IN7O. The number of rotatable bonds is 10. The van der Waals surface area contributed by atoms with Crippen molar-refractivity contribution in [2.75, 3.05) is 39.8 Å². The lowest BCUT2D eigenvalue weighted by Gasteiger charge is -2.30. The summed E-state index contributed by atoms with van der Waals surface area (Å²) in [6.45, 7) is 5.75. The average molecular weight is 491 g/mol. The number of aromatic nitrogens is 2. The van der Waals surface area contributed by atoms with E-state index in [1.165, 1.54) is 0 Å². The molecule has 1 aromatic rings. The number of halogens is 1. The van der Waals surface area contributed by atoms with Crippen molar-refractivity contribution in [2.24, 2.45) is 16.6 Å². The minimum atomic E-state index is -0.141. The molecule has 0 unspecified atom stereocenters. The SMILES string of the molecule is CN=C(NCCCCN1CCC(C(N)=O)CC1)NCCCn1cccn1.I. The van der Waals surface area contributed by atoms with Crippen molar-refractivity contribution in [3.8, 4) is 0 Å². The van der Waals surface area contributed by atoms with Crippen molar-refractivity contribution >= 4 is 35.8 Å². The summed E-state index contributed by atoms with van der Waals surface area (Å²) >= 11 is 0. The first kappa shape index (κ1) is 23.7. The van der Waals surface area contributed by atoms with E-state index in [2.05, 4.69) is 25.6 Å². The highest BCUT2D eigenvalue weighted by Crippen LogP contribution is 2.16. The molecule has 9 heteroatoms. The zero-order chi connectivity index (χ0) is 18.6. The Morgan fingerprint density at radius 1 is 1.19 bits per heavy atom. The van der Waals surface area contributed by atoms with E-state index in [1.54, 1.807) is 13.2 Å². The number of likely N-dealkylation sites (tertiary alicyclic amines) is 1. The van der Waals surface area contributed by atoms with Gasteiger partial charge in [0.2, 0.25) is 5.91 Å². The van der Waals surface area contributed by atoms with E-state index in [0.717, 1.165) is 77.3 Å². The van der Waals surface area contributed by atoms with Crippen LogP contribution in [0.3, 0.4) is 0 Å². The fraction of sp³-hybridized carbons (Fsp3) is 0.722. The number of guanidine groups is 1. The highest BCUT2D eigenvalue weighted by atomic mass is 127. The zero-order valence-electron chi connectivity index (χ0n) is 16.3. The summed E-state index contributed by atoms with van der Waals surface area (Å²) in [6, 6.07) is 1.94. The van der Waals surface area contributed by atoms with Gasteiger partial charge in [0.25, 0.3) is 0 Å². The molecule has 2 rings (SSSR count). The van der Waals surface area contributed by atoms with Crippen molar-refractivity contribution in [1.29, 1.82) is 0 Å². The molecule has 0 atom stereocenters. The number of nitrogens with one attached hydrogen (secondary N) is 2. The van der Waals surface area contributed by atoms with Crippen LogP contribution in [0.25, 0.3) is 0 Å². The Morgan fingerprint density at radius 2 is 1.89 bits per heavy atom. The molecule has 0 aliphatic carbocycles. The molecule has 1 amide bonds. The van der Waals surface area contributed by atoms with Gasteiger partial charge in [-0.15, -0.1) is 24.0 Å². The Kier molecular flexibility index (Phi) is 12.1. The van der Waals surface area contributed by atoms with Gasteiger partial charge < -0.3 is 21.3 Å². The van der Waals surface area contributed by atoms with E-state index in [-0.39, 0.29) is 35.8 Å². The lowest BCUT2D eigenvalue weighted by Crippen LogP contribution is -2.40. The fourth-order valence-electron chi connectivity index (χ4n) is 3.21. The number of primary amides is 1. The van der Waals surface area contributed by atoms with Crippen LogP contribution in [0, 0.1) is 5.92 Å². The summed E-state index contributed by atoms with van der Waals surface area (Å²) in [4.78, 5) is 17.9. The van der Waals surface area contributed by atoms with Crippen LogP contribution in [-0.2, 0) is 11.3 Å². The van der Waals surface area contributed by atoms with E-state index in [0.29, 0.717) is 0 Å². The molecule has 1 aliphatic heterocycles. The second-order valence-electron chi connectivity index (χ2n) is 6.77. The van der Waals surface area contributed by atoms with E-state index >= 15 is 0 Å². The number of aryl methyl sites for hydroxylation is 1. The Labute approximate surface area is 179 Å². The van der Waals surface area contributed by atoms with Gasteiger partial charge in [0, 0.05) is 45.0 Å². The first-order valence-electron chi connectivity index (χ1n) is 9.62. The van der Waals surface area contributed by atoms with Gasteiger partial charge in [-0.1, -0.05) is 0 Å². The molecule has 0 bridgehead atoms. The molecule has 1 aliphatic rings. The molecular weight excluding hydrogens is 457 g/mol. The van der Waals surface area contributed by atoms with Gasteiger partial charge in [-0.2, -0.15) is 5.10 Å². The number of aliphatic imine (C=N–C) groups is 1. The highest BCUT2D eigenvalue weighted by Gasteiger charge is 2.22. The minimum Gasteiger partial charge on any atom is -0.369 e. The second-order valence-corrected chi connectivity index (χ2v) is 6.77. The Hall–Kier alpha value is -1.36. The Balaban J connectivity index is 0.00000364. The standard InChI is InChI=1S/C18H33N7O.HI/c1-20-18(22-9-4-12-25-13-5-10-23-25)21-8-2-3-11-24-14-6-16(7-15-24)17(19)26;/h5,10,13,16H,2-4,6-9,11-12,14-15H2,1H3,(H2,19,26)(H2,20,21,22);1H. The number of carbonyl (C=O) groups excluding carboxylic acids is 1. The van der Waals surface area contributed by atoms with Gasteiger partial charge in [-0.05, 0) is 57.8 Å². The predicted molar refractivity (Wildman–Crippen MR) is 119 cm³/mol. The van der Waals surface area contributed by atoms with Crippen LogP contribution >= 0.6 is 24.0 Å². The molecule has 1 aromatic heterocycles. The van der Waals surface area contributed by atoms with Crippen molar-refractivity contribution in [3.05, 3.63) is 18.5 Å². The smallest absolute Gasteiger partial charge is 0.220 e. The fourth-order valence-corrected chi connectivity index (χ4v) is 3.21. The van der Waals surface area contributed by atoms with Crippen LogP contribution in [0.15, 0.2) is 23.5 Å². The summed E-state index contributed by atoms with van der Waals surface area (Å²) in [5, 5.41) is 10.9. The van der Waals surface area contributed by atoms with Crippen molar-refractivity contribution in [3.63, 3.8) is 0 Å². The third-order valence-corrected chi connectivity index (χ3v) is 4.82. The summed E-state index contributed by atoms with van der Waals surface area (Å²) in [5.41, 5.74) is 5.37. The van der Waals surface area contributed by atoms with Crippen molar-refractivity contribution < 1.29 is 4.79 Å². The minimum absolute atomic E-state index is 0. The largest absolute Gasteiger partial charge is 0.369 e. The molecule has 0 spiro atoms. The van der Waals surface area contributed by atoms with E-state index in [1.807, 2.05) is 16.9 Å². The van der Waals surface area contributed by atoms with Gasteiger partial charge in [0.1, 0.15) is 0 Å². The Bertz CT molecular complexity index is 542. The first-order valence-corrected chi connectivity index (χ1v) is 9.62. The number of nitrogens with two attached hydrogens (primary N) is 1. The van der Waals surface area contributed by atoms with Gasteiger partial charge in [0.05, 0.1) is 0 Å². The number of carbonyl (C=O) groups is 1. The maximum absolute atomic E-state index is 11.2. The van der Waals surface area contributed by atoms with Crippen LogP contribution in [0.2, 0.25) is 0 Å². The number of unbranched alkanes of at least 4 members (excludes halogenated alkanes) is 1. The number of hydrogen-bond donors (Lipinski definition) is 3. The molecule has 0 saturated carbocycles. The first-order chi connectivity index (χ1) is 12.7. The van der Waals surface area contributed by atoms with E-state index in [9.17, 15) is 4.79 Å². The summed E-state index contributed by atoms with van der Waals surface area (Å²) in [7, 11) is 1.80. The normalized spacial score (nSPS) is 16.0. The van der Waals surface area contributed by atoms with Crippen LogP contribution in [0.5, 0.6) is 0 Å². The van der Waals surface area contributed by atoms with Crippen molar-refractivity contribution in [2.45, 2.75) is 38.6 Å². The maximum atomic E-state index is 11.2. The number of amides is 1. The summed E-state index contributed by atoms with van der Waals surface area (Å²) in [5.74, 6) is 0.792.